The highest BCUT2D eigenvalue weighted by atomic mass is 16.5. The van der Waals surface area contributed by atoms with Crippen LogP contribution in [0, 0.1) is 0 Å². The summed E-state index contributed by atoms with van der Waals surface area (Å²) in [6.07, 6.45) is 4.27. The lowest BCUT2D eigenvalue weighted by atomic mass is 10.1. The maximum atomic E-state index is 12.5. The van der Waals surface area contributed by atoms with Gasteiger partial charge in [-0.3, -0.25) is 4.79 Å². The standard InChI is InChI=1S/C18H22N2O2/c1-19-11-9-15-13-20(12-10-16(15)19)18(21)8-7-14-5-3-4-6-17(14)22-2/h3-6,9,11H,7-8,10,12-13H2,1-2H3. The summed E-state index contributed by atoms with van der Waals surface area (Å²) in [7, 11) is 3.74. The number of ether oxygens (including phenoxy) is 1. The molecule has 0 saturated heterocycles. The summed E-state index contributed by atoms with van der Waals surface area (Å²) < 4.78 is 7.50. The number of fused-ring (bicyclic) bond motifs is 1. The van der Waals surface area contributed by atoms with Crippen LogP contribution in [0.4, 0.5) is 0 Å². The number of aryl methyl sites for hydroxylation is 2. The van der Waals surface area contributed by atoms with E-state index in [0.29, 0.717) is 6.42 Å². The SMILES string of the molecule is COc1ccccc1CCC(=O)N1CCc2c(ccn2C)C1. The van der Waals surface area contributed by atoms with Crippen molar-refractivity contribution < 1.29 is 9.53 Å². The summed E-state index contributed by atoms with van der Waals surface area (Å²) in [5.41, 5.74) is 3.73. The van der Waals surface area contributed by atoms with E-state index in [0.717, 1.165) is 37.2 Å². The molecule has 1 amide bonds. The van der Waals surface area contributed by atoms with Crippen LogP contribution in [0.15, 0.2) is 36.5 Å². The Morgan fingerprint density at radius 1 is 1.27 bits per heavy atom. The molecule has 4 nitrogen and oxygen atoms in total. The van der Waals surface area contributed by atoms with E-state index in [2.05, 4.69) is 23.9 Å². The van der Waals surface area contributed by atoms with Crippen molar-refractivity contribution >= 4 is 5.91 Å². The molecule has 0 bridgehead atoms. The van der Waals surface area contributed by atoms with Crippen LogP contribution in [0.3, 0.4) is 0 Å². The lowest BCUT2D eigenvalue weighted by Gasteiger charge is -2.28. The van der Waals surface area contributed by atoms with Crippen LogP contribution in [0.2, 0.25) is 0 Å². The number of methoxy groups -OCH3 is 1. The number of amides is 1. The van der Waals surface area contributed by atoms with Gasteiger partial charge in [0.25, 0.3) is 0 Å². The van der Waals surface area contributed by atoms with Gasteiger partial charge in [0.15, 0.2) is 0 Å². The number of benzene rings is 1. The van der Waals surface area contributed by atoms with E-state index in [9.17, 15) is 4.79 Å². The van der Waals surface area contributed by atoms with Crippen molar-refractivity contribution in [3.05, 3.63) is 53.3 Å². The van der Waals surface area contributed by atoms with Crippen LogP contribution in [0.25, 0.3) is 0 Å². The Morgan fingerprint density at radius 3 is 2.91 bits per heavy atom. The predicted octanol–water partition coefficient (Wildman–Crippen LogP) is 2.55. The van der Waals surface area contributed by atoms with Crippen molar-refractivity contribution in [3.63, 3.8) is 0 Å². The highest BCUT2D eigenvalue weighted by Crippen LogP contribution is 2.22. The highest BCUT2D eigenvalue weighted by Gasteiger charge is 2.22. The summed E-state index contributed by atoms with van der Waals surface area (Å²) >= 11 is 0. The van der Waals surface area contributed by atoms with Crippen LogP contribution in [0.1, 0.15) is 23.2 Å². The number of carbonyl (C=O) groups is 1. The van der Waals surface area contributed by atoms with Crippen molar-refractivity contribution in [2.24, 2.45) is 7.05 Å². The zero-order chi connectivity index (χ0) is 15.5. The molecule has 1 aromatic heterocycles. The Bertz CT molecular complexity index is 675. The van der Waals surface area contributed by atoms with Gasteiger partial charge < -0.3 is 14.2 Å². The molecule has 0 radical (unpaired) electrons. The van der Waals surface area contributed by atoms with Crippen molar-refractivity contribution in [1.29, 1.82) is 0 Å². The van der Waals surface area contributed by atoms with Crippen LogP contribution in [-0.2, 0) is 31.2 Å². The molecule has 3 rings (SSSR count). The molecule has 0 N–H and O–H groups in total. The van der Waals surface area contributed by atoms with Crippen LogP contribution < -0.4 is 4.74 Å². The fraction of sp³-hybridized carbons (Fsp3) is 0.389. The summed E-state index contributed by atoms with van der Waals surface area (Å²) in [6.45, 7) is 1.55. The maximum Gasteiger partial charge on any atom is 0.223 e. The molecule has 4 heteroatoms. The normalized spacial score (nSPS) is 13.8. The minimum atomic E-state index is 0.223. The number of hydrogen-bond donors (Lipinski definition) is 0. The van der Waals surface area contributed by atoms with Gasteiger partial charge in [-0.05, 0) is 29.7 Å². The Labute approximate surface area is 131 Å². The van der Waals surface area contributed by atoms with Gasteiger partial charge in [-0.25, -0.2) is 0 Å². The third kappa shape index (κ3) is 2.86. The molecule has 1 aliphatic rings. The summed E-state index contributed by atoms with van der Waals surface area (Å²) in [6, 6.07) is 10.0. The van der Waals surface area contributed by atoms with Gasteiger partial charge >= 0.3 is 0 Å². The summed E-state index contributed by atoms with van der Waals surface area (Å²) in [5.74, 6) is 1.08. The first-order chi connectivity index (χ1) is 10.7. The maximum absolute atomic E-state index is 12.5. The molecule has 116 valence electrons. The van der Waals surface area contributed by atoms with Crippen molar-refractivity contribution in [1.82, 2.24) is 9.47 Å². The Morgan fingerprint density at radius 2 is 2.09 bits per heavy atom. The minimum Gasteiger partial charge on any atom is -0.496 e. The number of carbonyl (C=O) groups excluding carboxylic acids is 1. The van der Waals surface area contributed by atoms with Gasteiger partial charge in [0.05, 0.1) is 7.11 Å². The molecule has 0 unspecified atom stereocenters. The monoisotopic (exact) mass is 298 g/mol. The number of hydrogen-bond acceptors (Lipinski definition) is 2. The fourth-order valence-corrected chi connectivity index (χ4v) is 3.14. The zero-order valence-corrected chi connectivity index (χ0v) is 13.2. The van der Waals surface area contributed by atoms with Crippen LogP contribution in [-0.4, -0.2) is 29.0 Å². The van der Waals surface area contributed by atoms with E-state index in [1.54, 1.807) is 7.11 Å². The molecule has 0 spiro atoms. The molecule has 1 aromatic carbocycles. The highest BCUT2D eigenvalue weighted by molar-refractivity contribution is 5.77. The van der Waals surface area contributed by atoms with E-state index < -0.39 is 0 Å². The molecular formula is C18H22N2O2. The number of para-hydroxylation sites is 1. The zero-order valence-electron chi connectivity index (χ0n) is 13.2. The fourth-order valence-electron chi connectivity index (χ4n) is 3.14. The van der Waals surface area contributed by atoms with Crippen molar-refractivity contribution in [2.45, 2.75) is 25.8 Å². The van der Waals surface area contributed by atoms with Crippen LogP contribution in [0.5, 0.6) is 5.75 Å². The molecule has 0 fully saturated rings. The van der Waals surface area contributed by atoms with E-state index in [1.165, 1.54) is 11.3 Å². The second-order valence-electron chi connectivity index (χ2n) is 5.78. The van der Waals surface area contributed by atoms with E-state index in [-0.39, 0.29) is 5.91 Å². The Balaban J connectivity index is 1.61. The van der Waals surface area contributed by atoms with Gasteiger partial charge in [-0.15, -0.1) is 0 Å². The Hall–Kier alpha value is -2.23. The van der Waals surface area contributed by atoms with Gasteiger partial charge in [0, 0.05) is 44.9 Å². The molecule has 22 heavy (non-hydrogen) atoms. The largest absolute Gasteiger partial charge is 0.496 e. The summed E-state index contributed by atoms with van der Waals surface area (Å²) in [5, 5.41) is 0. The third-order valence-electron chi connectivity index (χ3n) is 4.43. The van der Waals surface area contributed by atoms with Gasteiger partial charge in [0.2, 0.25) is 5.91 Å². The number of aromatic nitrogens is 1. The average Bonchev–Trinajstić information content (AvgIpc) is 2.93. The minimum absolute atomic E-state index is 0.223. The van der Waals surface area contributed by atoms with Gasteiger partial charge in [0.1, 0.15) is 5.75 Å². The smallest absolute Gasteiger partial charge is 0.223 e. The van der Waals surface area contributed by atoms with E-state index >= 15 is 0 Å². The predicted molar refractivity (Wildman–Crippen MR) is 85.8 cm³/mol. The van der Waals surface area contributed by atoms with Crippen molar-refractivity contribution in [2.75, 3.05) is 13.7 Å². The first-order valence-corrected chi connectivity index (χ1v) is 7.72. The lowest BCUT2D eigenvalue weighted by molar-refractivity contribution is -0.132. The second kappa shape index (κ2) is 6.26. The number of nitrogens with zero attached hydrogens (tertiary/aromatic N) is 2. The summed E-state index contributed by atoms with van der Waals surface area (Å²) in [4.78, 5) is 14.4. The van der Waals surface area contributed by atoms with E-state index in [1.807, 2.05) is 29.2 Å². The molecular weight excluding hydrogens is 276 g/mol. The van der Waals surface area contributed by atoms with Crippen LogP contribution >= 0.6 is 0 Å². The number of rotatable bonds is 4. The lowest BCUT2D eigenvalue weighted by Crippen LogP contribution is -2.36. The molecule has 0 aliphatic carbocycles. The van der Waals surface area contributed by atoms with Crippen molar-refractivity contribution in [3.8, 4) is 5.75 Å². The molecule has 1 aliphatic heterocycles. The average molecular weight is 298 g/mol. The second-order valence-corrected chi connectivity index (χ2v) is 5.78. The first-order valence-electron chi connectivity index (χ1n) is 7.72. The van der Waals surface area contributed by atoms with E-state index in [4.69, 9.17) is 4.74 Å². The molecule has 2 aromatic rings. The third-order valence-corrected chi connectivity index (χ3v) is 4.43. The topological polar surface area (TPSA) is 34.5 Å². The quantitative estimate of drug-likeness (QED) is 0.869. The molecule has 0 saturated carbocycles. The first kappa shape index (κ1) is 14.7. The van der Waals surface area contributed by atoms with Gasteiger partial charge in [-0.1, -0.05) is 18.2 Å². The van der Waals surface area contributed by atoms with Gasteiger partial charge in [-0.2, -0.15) is 0 Å². The Kier molecular flexibility index (Phi) is 4.18. The molecule has 0 atom stereocenters. The molecule has 2 heterocycles.